The number of alkyl halides is 3. The number of hydrogen-bond donors (Lipinski definition) is 1. The molecule has 4 nitrogen and oxygen atoms in total. The summed E-state index contributed by atoms with van der Waals surface area (Å²) in [5, 5.41) is 0. The Labute approximate surface area is 108 Å². The lowest BCUT2D eigenvalue weighted by Gasteiger charge is -2.26. The van der Waals surface area contributed by atoms with Gasteiger partial charge in [-0.1, -0.05) is 6.07 Å². The van der Waals surface area contributed by atoms with Gasteiger partial charge in [-0.2, -0.15) is 13.2 Å². The van der Waals surface area contributed by atoms with Gasteiger partial charge < -0.3 is 15.4 Å². The Kier molecular flexibility index (Phi) is 4.63. The number of esters is 1. The zero-order valence-corrected chi connectivity index (χ0v) is 10.6. The van der Waals surface area contributed by atoms with Crippen molar-refractivity contribution in [3.8, 4) is 0 Å². The molecule has 0 aliphatic rings. The molecule has 106 valence electrons. The summed E-state index contributed by atoms with van der Waals surface area (Å²) in [7, 11) is 1.18. The molecule has 2 N–H and O–H groups in total. The fourth-order valence-corrected chi connectivity index (χ4v) is 1.70. The van der Waals surface area contributed by atoms with Crippen LogP contribution in [-0.4, -0.2) is 32.3 Å². The molecular weight excluding hydrogens is 261 g/mol. The van der Waals surface area contributed by atoms with Crippen molar-refractivity contribution in [1.29, 1.82) is 0 Å². The highest BCUT2D eigenvalue weighted by Gasteiger charge is 2.31. The van der Waals surface area contributed by atoms with Gasteiger partial charge in [0.2, 0.25) is 0 Å². The zero-order valence-electron chi connectivity index (χ0n) is 10.6. The standard InChI is InChI=1S/C12H15F3N2O2/c1-3-17(7-12(13,14)15)9-6-4-5-8(10(9)16)11(18)19-2/h4-6H,3,7,16H2,1-2H3. The van der Waals surface area contributed by atoms with E-state index in [0.717, 1.165) is 4.90 Å². The summed E-state index contributed by atoms with van der Waals surface area (Å²) in [6, 6.07) is 4.32. The van der Waals surface area contributed by atoms with E-state index in [9.17, 15) is 18.0 Å². The Bertz CT molecular complexity index is 461. The number of hydrogen-bond acceptors (Lipinski definition) is 4. The molecule has 0 saturated carbocycles. The first-order valence-corrected chi connectivity index (χ1v) is 5.58. The summed E-state index contributed by atoms with van der Waals surface area (Å²) < 4.78 is 41.9. The van der Waals surface area contributed by atoms with Crippen LogP contribution in [0.4, 0.5) is 24.5 Å². The maximum Gasteiger partial charge on any atom is 0.405 e. The van der Waals surface area contributed by atoms with Gasteiger partial charge in [-0.05, 0) is 19.1 Å². The number of nitrogen functional groups attached to an aromatic ring is 1. The third-order valence-corrected chi connectivity index (χ3v) is 2.58. The van der Waals surface area contributed by atoms with E-state index in [1.807, 2.05) is 0 Å². The van der Waals surface area contributed by atoms with E-state index in [1.165, 1.54) is 25.3 Å². The highest BCUT2D eigenvalue weighted by atomic mass is 19.4. The maximum atomic E-state index is 12.5. The second kappa shape index (κ2) is 5.81. The van der Waals surface area contributed by atoms with Crippen molar-refractivity contribution >= 4 is 17.3 Å². The van der Waals surface area contributed by atoms with Gasteiger partial charge in [-0.3, -0.25) is 0 Å². The second-order valence-electron chi connectivity index (χ2n) is 3.86. The molecule has 19 heavy (non-hydrogen) atoms. The molecule has 0 atom stereocenters. The summed E-state index contributed by atoms with van der Waals surface area (Å²) in [4.78, 5) is 12.5. The first-order valence-electron chi connectivity index (χ1n) is 5.58. The maximum absolute atomic E-state index is 12.5. The quantitative estimate of drug-likeness (QED) is 0.678. The van der Waals surface area contributed by atoms with Crippen LogP contribution < -0.4 is 10.6 Å². The molecular formula is C12H15F3N2O2. The minimum absolute atomic E-state index is 0.0135. The molecule has 0 bridgehead atoms. The molecule has 0 aliphatic carbocycles. The smallest absolute Gasteiger partial charge is 0.405 e. The van der Waals surface area contributed by atoms with E-state index in [-0.39, 0.29) is 23.5 Å². The summed E-state index contributed by atoms with van der Waals surface area (Å²) >= 11 is 0. The number of carbonyl (C=O) groups excluding carboxylic acids is 1. The van der Waals surface area contributed by atoms with Gasteiger partial charge in [0.1, 0.15) is 6.54 Å². The average Bonchev–Trinajstić information content (AvgIpc) is 2.34. The Hall–Kier alpha value is -1.92. The average molecular weight is 276 g/mol. The number of halogens is 3. The molecule has 0 aromatic heterocycles. The number of ether oxygens (including phenoxy) is 1. The van der Waals surface area contributed by atoms with E-state index in [4.69, 9.17) is 5.73 Å². The summed E-state index contributed by atoms with van der Waals surface area (Å²) in [6.45, 7) is 0.572. The minimum atomic E-state index is -4.34. The molecule has 0 saturated heterocycles. The van der Waals surface area contributed by atoms with Crippen LogP contribution in [0.3, 0.4) is 0 Å². The number of para-hydroxylation sites is 1. The fourth-order valence-electron chi connectivity index (χ4n) is 1.70. The van der Waals surface area contributed by atoms with Crippen LogP contribution in [0.2, 0.25) is 0 Å². The van der Waals surface area contributed by atoms with E-state index in [1.54, 1.807) is 6.92 Å². The summed E-state index contributed by atoms with van der Waals surface area (Å²) in [6.07, 6.45) is -4.34. The summed E-state index contributed by atoms with van der Waals surface area (Å²) in [5.74, 6) is -0.678. The van der Waals surface area contributed by atoms with Gasteiger partial charge in [0, 0.05) is 6.54 Å². The van der Waals surface area contributed by atoms with Crippen LogP contribution in [0, 0.1) is 0 Å². The van der Waals surface area contributed by atoms with E-state index < -0.39 is 18.7 Å². The molecule has 0 fully saturated rings. The largest absolute Gasteiger partial charge is 0.465 e. The highest BCUT2D eigenvalue weighted by molar-refractivity contribution is 5.98. The molecule has 0 spiro atoms. The van der Waals surface area contributed by atoms with Crippen LogP contribution in [0.1, 0.15) is 17.3 Å². The zero-order chi connectivity index (χ0) is 14.6. The predicted molar refractivity (Wildman–Crippen MR) is 66.1 cm³/mol. The first kappa shape index (κ1) is 15.1. The van der Waals surface area contributed by atoms with E-state index in [0.29, 0.717) is 0 Å². The number of rotatable bonds is 4. The third-order valence-electron chi connectivity index (χ3n) is 2.58. The highest BCUT2D eigenvalue weighted by Crippen LogP contribution is 2.29. The van der Waals surface area contributed by atoms with Crippen molar-refractivity contribution in [2.45, 2.75) is 13.1 Å². The van der Waals surface area contributed by atoms with Crippen molar-refractivity contribution in [2.24, 2.45) is 0 Å². The Morgan fingerprint density at radius 3 is 2.53 bits per heavy atom. The number of carbonyl (C=O) groups is 1. The van der Waals surface area contributed by atoms with Gasteiger partial charge in [0.05, 0.1) is 24.0 Å². The lowest BCUT2D eigenvalue weighted by atomic mass is 10.1. The number of nitrogens with two attached hydrogens (primary N) is 1. The lowest BCUT2D eigenvalue weighted by Crippen LogP contribution is -2.34. The molecule has 1 aromatic rings. The molecule has 1 rings (SSSR count). The lowest BCUT2D eigenvalue weighted by molar-refractivity contribution is -0.119. The van der Waals surface area contributed by atoms with Crippen LogP contribution in [0.15, 0.2) is 18.2 Å². The number of anilines is 2. The SMILES string of the molecule is CCN(CC(F)(F)F)c1cccc(C(=O)OC)c1N. The van der Waals surface area contributed by atoms with Crippen molar-refractivity contribution in [1.82, 2.24) is 0 Å². The van der Waals surface area contributed by atoms with Gasteiger partial charge >= 0.3 is 12.1 Å². The van der Waals surface area contributed by atoms with E-state index >= 15 is 0 Å². The van der Waals surface area contributed by atoms with Gasteiger partial charge in [0.15, 0.2) is 0 Å². The Balaban J connectivity index is 3.15. The predicted octanol–water partition coefficient (Wildman–Crippen LogP) is 2.44. The molecule has 0 amide bonds. The molecule has 0 radical (unpaired) electrons. The first-order chi connectivity index (χ1) is 8.80. The van der Waals surface area contributed by atoms with Crippen molar-refractivity contribution in [3.63, 3.8) is 0 Å². The van der Waals surface area contributed by atoms with Gasteiger partial charge in [-0.25, -0.2) is 4.79 Å². The van der Waals surface area contributed by atoms with E-state index in [2.05, 4.69) is 4.74 Å². The van der Waals surface area contributed by atoms with Crippen molar-refractivity contribution in [3.05, 3.63) is 23.8 Å². The molecule has 1 aromatic carbocycles. The van der Waals surface area contributed by atoms with Gasteiger partial charge in [0.25, 0.3) is 0 Å². The molecule has 0 unspecified atom stereocenters. The monoisotopic (exact) mass is 276 g/mol. The van der Waals surface area contributed by atoms with Crippen LogP contribution in [0.25, 0.3) is 0 Å². The van der Waals surface area contributed by atoms with Crippen LogP contribution in [-0.2, 0) is 4.74 Å². The number of benzene rings is 1. The minimum Gasteiger partial charge on any atom is -0.465 e. The number of methoxy groups -OCH3 is 1. The van der Waals surface area contributed by atoms with Crippen molar-refractivity contribution in [2.75, 3.05) is 30.8 Å². The number of nitrogens with zero attached hydrogens (tertiary/aromatic N) is 1. The third kappa shape index (κ3) is 3.77. The molecule has 0 aliphatic heterocycles. The summed E-state index contributed by atoms with van der Waals surface area (Å²) in [5.41, 5.74) is 5.96. The van der Waals surface area contributed by atoms with Gasteiger partial charge in [-0.15, -0.1) is 0 Å². The fraction of sp³-hybridized carbons (Fsp3) is 0.417. The molecule has 7 heteroatoms. The second-order valence-corrected chi connectivity index (χ2v) is 3.86. The van der Waals surface area contributed by atoms with Crippen LogP contribution >= 0.6 is 0 Å². The Morgan fingerprint density at radius 2 is 2.05 bits per heavy atom. The Morgan fingerprint density at radius 1 is 1.42 bits per heavy atom. The normalized spacial score (nSPS) is 11.2. The van der Waals surface area contributed by atoms with Crippen molar-refractivity contribution < 1.29 is 22.7 Å². The van der Waals surface area contributed by atoms with Crippen LogP contribution in [0.5, 0.6) is 0 Å². The topological polar surface area (TPSA) is 55.6 Å². The molecule has 0 heterocycles.